The van der Waals surface area contributed by atoms with E-state index >= 15 is 0 Å². The maximum absolute atomic E-state index is 11.8. The van der Waals surface area contributed by atoms with E-state index in [1.54, 1.807) is 16.7 Å². The number of benzene rings is 1. The summed E-state index contributed by atoms with van der Waals surface area (Å²) in [7, 11) is 0. The topological polar surface area (TPSA) is 53.3 Å². The predicted octanol–water partition coefficient (Wildman–Crippen LogP) is 2.26. The van der Waals surface area contributed by atoms with Gasteiger partial charge in [-0.2, -0.15) is 5.26 Å². The molecule has 0 bridgehead atoms. The number of hydrogen-bond donors (Lipinski definition) is 0. The lowest BCUT2D eigenvalue weighted by atomic mass is 10.2. The molecule has 1 aliphatic heterocycles. The number of nitriles is 1. The first-order valence-electron chi connectivity index (χ1n) is 5.76. The van der Waals surface area contributed by atoms with Gasteiger partial charge in [0.25, 0.3) is 0 Å². The summed E-state index contributed by atoms with van der Waals surface area (Å²) >= 11 is 1.59. The van der Waals surface area contributed by atoms with E-state index in [1.807, 2.05) is 30.3 Å². The Balaban J connectivity index is 1.83. The number of carbonyl (C=O) groups is 1. The van der Waals surface area contributed by atoms with Gasteiger partial charge in [-0.3, -0.25) is 0 Å². The first kappa shape index (κ1) is 12.8. The van der Waals surface area contributed by atoms with Crippen LogP contribution in [-0.2, 0) is 11.3 Å². The summed E-state index contributed by atoms with van der Waals surface area (Å²) < 4.78 is 5.23. The van der Waals surface area contributed by atoms with E-state index in [-0.39, 0.29) is 18.0 Å². The summed E-state index contributed by atoms with van der Waals surface area (Å²) in [5.74, 6) is 0.790. The first-order valence-corrected chi connectivity index (χ1v) is 6.81. The van der Waals surface area contributed by atoms with E-state index in [2.05, 4.69) is 6.07 Å². The predicted molar refractivity (Wildman–Crippen MR) is 70.1 cm³/mol. The summed E-state index contributed by atoms with van der Waals surface area (Å²) in [5.41, 5.74) is 0.967. The zero-order chi connectivity index (χ0) is 12.8. The summed E-state index contributed by atoms with van der Waals surface area (Å²) in [6.07, 6.45) is -0.334. The molecule has 1 amide bonds. The van der Waals surface area contributed by atoms with Gasteiger partial charge in [-0.25, -0.2) is 4.79 Å². The maximum Gasteiger partial charge on any atom is 0.410 e. The molecule has 0 radical (unpaired) electrons. The molecule has 1 fully saturated rings. The Kier molecular flexibility index (Phi) is 4.48. The van der Waals surface area contributed by atoms with Gasteiger partial charge in [-0.05, 0) is 5.56 Å². The molecule has 2 rings (SSSR count). The van der Waals surface area contributed by atoms with Crippen molar-refractivity contribution in [2.24, 2.45) is 0 Å². The fourth-order valence-electron chi connectivity index (χ4n) is 1.70. The largest absolute Gasteiger partial charge is 0.445 e. The number of amides is 1. The second-order valence-electron chi connectivity index (χ2n) is 3.97. The second-order valence-corrected chi connectivity index (χ2v) is 5.29. The first-order chi connectivity index (χ1) is 8.79. The molecular weight excluding hydrogens is 248 g/mol. The third-order valence-electron chi connectivity index (χ3n) is 2.67. The summed E-state index contributed by atoms with van der Waals surface area (Å²) in [6, 6.07) is 11.7. The molecule has 4 nitrogen and oxygen atoms in total. The van der Waals surface area contributed by atoms with E-state index in [1.165, 1.54) is 0 Å². The summed E-state index contributed by atoms with van der Waals surface area (Å²) in [6.45, 7) is 1.38. The molecule has 1 heterocycles. The summed E-state index contributed by atoms with van der Waals surface area (Å²) in [4.78, 5) is 13.4. The summed E-state index contributed by atoms with van der Waals surface area (Å²) in [5, 5.41) is 8.71. The van der Waals surface area contributed by atoms with Crippen LogP contribution in [0.1, 0.15) is 5.56 Å². The smallest absolute Gasteiger partial charge is 0.410 e. The Morgan fingerprint density at radius 1 is 1.50 bits per heavy atom. The van der Waals surface area contributed by atoms with E-state index in [9.17, 15) is 4.79 Å². The van der Waals surface area contributed by atoms with Gasteiger partial charge in [0.2, 0.25) is 0 Å². The van der Waals surface area contributed by atoms with Crippen LogP contribution in [0.25, 0.3) is 0 Å². The highest BCUT2D eigenvalue weighted by Crippen LogP contribution is 2.18. The SMILES string of the molecule is N#C[C@H]1CN(C(=O)OCc2ccccc2)CCS1. The lowest BCUT2D eigenvalue weighted by Crippen LogP contribution is -2.41. The Labute approximate surface area is 111 Å². The normalized spacial score (nSPS) is 19.1. The molecule has 94 valence electrons. The van der Waals surface area contributed by atoms with Crippen molar-refractivity contribution in [2.75, 3.05) is 18.8 Å². The van der Waals surface area contributed by atoms with Crippen molar-refractivity contribution in [2.45, 2.75) is 11.9 Å². The molecule has 0 aliphatic carbocycles. The quantitative estimate of drug-likeness (QED) is 0.820. The fourth-order valence-corrected chi connectivity index (χ4v) is 2.67. The van der Waals surface area contributed by atoms with Gasteiger partial charge in [-0.15, -0.1) is 11.8 Å². The molecule has 0 N–H and O–H groups in total. The van der Waals surface area contributed by atoms with Crippen LogP contribution in [0.2, 0.25) is 0 Å². The molecule has 0 spiro atoms. The van der Waals surface area contributed by atoms with Crippen molar-refractivity contribution < 1.29 is 9.53 Å². The highest BCUT2D eigenvalue weighted by molar-refractivity contribution is 8.00. The zero-order valence-electron chi connectivity index (χ0n) is 9.91. The van der Waals surface area contributed by atoms with Crippen LogP contribution in [0.4, 0.5) is 4.79 Å². The lowest BCUT2D eigenvalue weighted by molar-refractivity contribution is 0.0985. The molecule has 1 saturated heterocycles. The van der Waals surface area contributed by atoms with Crippen LogP contribution in [0, 0.1) is 11.3 Å². The van der Waals surface area contributed by atoms with Crippen molar-refractivity contribution >= 4 is 17.9 Å². The van der Waals surface area contributed by atoms with Gasteiger partial charge < -0.3 is 9.64 Å². The Bertz CT molecular complexity index is 444. The molecular formula is C13H14N2O2S. The van der Waals surface area contributed by atoms with Crippen molar-refractivity contribution in [1.82, 2.24) is 4.90 Å². The van der Waals surface area contributed by atoms with Crippen molar-refractivity contribution in [3.63, 3.8) is 0 Å². The number of carbonyl (C=O) groups excluding carboxylic acids is 1. The Morgan fingerprint density at radius 2 is 2.28 bits per heavy atom. The van der Waals surface area contributed by atoms with Gasteiger partial charge in [0.1, 0.15) is 11.9 Å². The van der Waals surface area contributed by atoms with Gasteiger partial charge in [0.05, 0.1) is 6.07 Å². The van der Waals surface area contributed by atoms with Gasteiger partial charge in [0.15, 0.2) is 0 Å². The molecule has 1 atom stereocenters. The Morgan fingerprint density at radius 3 is 3.00 bits per heavy atom. The van der Waals surface area contributed by atoms with E-state index in [0.29, 0.717) is 13.1 Å². The molecule has 1 aromatic rings. The maximum atomic E-state index is 11.8. The van der Waals surface area contributed by atoms with Crippen molar-refractivity contribution in [1.29, 1.82) is 5.26 Å². The van der Waals surface area contributed by atoms with Crippen LogP contribution in [-0.4, -0.2) is 35.1 Å². The number of rotatable bonds is 2. The minimum Gasteiger partial charge on any atom is -0.445 e. The van der Waals surface area contributed by atoms with Crippen LogP contribution in [0.15, 0.2) is 30.3 Å². The van der Waals surface area contributed by atoms with Crippen LogP contribution < -0.4 is 0 Å². The molecule has 0 saturated carbocycles. The molecule has 0 unspecified atom stereocenters. The third kappa shape index (κ3) is 3.41. The molecule has 18 heavy (non-hydrogen) atoms. The van der Waals surface area contributed by atoms with Crippen molar-refractivity contribution in [3.05, 3.63) is 35.9 Å². The zero-order valence-corrected chi connectivity index (χ0v) is 10.7. The minimum absolute atomic E-state index is 0.136. The van der Waals surface area contributed by atoms with E-state index in [0.717, 1.165) is 11.3 Å². The molecule has 1 aromatic carbocycles. The number of thioether (sulfide) groups is 1. The third-order valence-corrected chi connectivity index (χ3v) is 3.75. The molecule has 5 heteroatoms. The van der Waals surface area contributed by atoms with Crippen LogP contribution >= 0.6 is 11.8 Å². The average Bonchev–Trinajstić information content (AvgIpc) is 2.46. The van der Waals surface area contributed by atoms with E-state index in [4.69, 9.17) is 10.00 Å². The lowest BCUT2D eigenvalue weighted by Gasteiger charge is -2.28. The monoisotopic (exact) mass is 262 g/mol. The molecule has 1 aliphatic rings. The van der Waals surface area contributed by atoms with E-state index < -0.39 is 0 Å². The fraction of sp³-hybridized carbons (Fsp3) is 0.385. The van der Waals surface area contributed by atoms with Crippen LogP contribution in [0.5, 0.6) is 0 Å². The number of ether oxygens (including phenoxy) is 1. The minimum atomic E-state index is -0.334. The van der Waals surface area contributed by atoms with Crippen molar-refractivity contribution in [3.8, 4) is 6.07 Å². The molecule has 0 aromatic heterocycles. The van der Waals surface area contributed by atoms with Gasteiger partial charge in [-0.1, -0.05) is 30.3 Å². The van der Waals surface area contributed by atoms with Crippen LogP contribution in [0.3, 0.4) is 0 Å². The number of hydrogen-bond acceptors (Lipinski definition) is 4. The average molecular weight is 262 g/mol. The van der Waals surface area contributed by atoms with Gasteiger partial charge >= 0.3 is 6.09 Å². The second kappa shape index (κ2) is 6.31. The Hall–Kier alpha value is -1.67. The highest BCUT2D eigenvalue weighted by atomic mass is 32.2. The highest BCUT2D eigenvalue weighted by Gasteiger charge is 2.24. The number of nitrogens with zero attached hydrogens (tertiary/aromatic N) is 2. The standard InChI is InChI=1S/C13H14N2O2S/c14-8-12-9-15(6-7-18-12)13(16)17-10-11-4-2-1-3-5-11/h1-5,12H,6-7,9-10H2/t12-/m0/s1. The van der Waals surface area contributed by atoms with Gasteiger partial charge in [0, 0.05) is 18.8 Å².